The van der Waals surface area contributed by atoms with Gasteiger partial charge in [0.05, 0.1) is 30.7 Å². The minimum Gasteiger partial charge on any atom is -0.542 e. The molecule has 7 nitrogen and oxygen atoms in total. The van der Waals surface area contributed by atoms with Crippen LogP contribution in [-0.2, 0) is 25.2 Å². The molecule has 3 aromatic carbocycles. The van der Waals surface area contributed by atoms with E-state index in [0.29, 0.717) is 25.5 Å². The van der Waals surface area contributed by atoms with E-state index in [1.165, 1.54) is 33.8 Å². The average molecular weight is 789 g/mol. The normalized spacial score (nSPS) is 18.3. The van der Waals surface area contributed by atoms with E-state index in [4.69, 9.17) is 31.0 Å². The van der Waals surface area contributed by atoms with Crippen LogP contribution in [0.25, 0.3) is 0 Å². The Morgan fingerprint density at radius 1 is 0.946 bits per heavy atom. The molecule has 1 unspecified atom stereocenters. The number of carbonyl (C=O) groups is 2. The molecule has 56 heavy (non-hydrogen) atoms. The lowest BCUT2D eigenvalue weighted by Crippen LogP contribution is -2.37. The molecule has 3 aromatic rings. The third-order valence-electron chi connectivity index (χ3n) is 10.4. The van der Waals surface area contributed by atoms with Crippen molar-refractivity contribution in [1.29, 1.82) is 0 Å². The van der Waals surface area contributed by atoms with Gasteiger partial charge in [-0.2, -0.15) is 17.7 Å². The van der Waals surface area contributed by atoms with Gasteiger partial charge in [0.25, 0.3) is 0 Å². The summed E-state index contributed by atoms with van der Waals surface area (Å²) in [5.74, 6) is -2.65. The topological polar surface area (TPSA) is 81.9 Å². The van der Waals surface area contributed by atoms with Crippen molar-refractivity contribution in [3.05, 3.63) is 130 Å². The van der Waals surface area contributed by atoms with E-state index < -0.39 is 12.1 Å². The van der Waals surface area contributed by atoms with E-state index in [1.807, 2.05) is 18.2 Å². The van der Waals surface area contributed by atoms with Crippen molar-refractivity contribution in [3.63, 3.8) is 0 Å². The number of fused-ring (bicyclic) bond motifs is 2. The third kappa shape index (κ3) is 9.55. The van der Waals surface area contributed by atoms with Gasteiger partial charge in [0, 0.05) is 46.3 Å². The Morgan fingerprint density at radius 2 is 1.59 bits per heavy atom. The van der Waals surface area contributed by atoms with Gasteiger partial charge in [0.1, 0.15) is 18.3 Å². The first kappa shape index (κ1) is 42.3. The molecule has 2 aliphatic heterocycles. The number of halogens is 4. The molecule has 0 bridgehead atoms. The summed E-state index contributed by atoms with van der Waals surface area (Å²) in [5.41, 5.74) is 12.2. The predicted octanol–water partition coefficient (Wildman–Crippen LogP) is 9.08. The zero-order valence-electron chi connectivity index (χ0n) is 32.4. The predicted molar refractivity (Wildman–Crippen MR) is 211 cm³/mol. The molecule has 0 spiro atoms. The first-order chi connectivity index (χ1) is 26.6. The van der Waals surface area contributed by atoms with Crippen molar-refractivity contribution in [2.75, 3.05) is 31.2 Å². The Labute approximate surface area is 332 Å². The number of benzene rings is 3. The number of rotatable bonds is 11. The van der Waals surface area contributed by atoms with Gasteiger partial charge in [-0.3, -0.25) is 4.79 Å². The maximum Gasteiger partial charge on any atom is 0.430 e. The Bertz CT molecular complexity index is 2080. The van der Waals surface area contributed by atoms with Crippen LogP contribution in [0.3, 0.4) is 0 Å². The number of aliphatic carboxylic acids is 1. The number of hydrogen-bond acceptors (Lipinski definition) is 6. The van der Waals surface area contributed by atoms with Crippen LogP contribution in [-0.4, -0.2) is 54.7 Å². The lowest BCUT2D eigenvalue weighted by Gasteiger charge is -2.26. The smallest absolute Gasteiger partial charge is 0.430 e. The molecule has 0 saturated heterocycles. The molecular formula is C45H48ClF3N2O5. The molecule has 2 heterocycles. The highest BCUT2D eigenvalue weighted by Crippen LogP contribution is 2.47. The fraction of sp³-hybridized carbons (Fsp3) is 0.378. The Kier molecular flexibility index (Phi) is 13.5. The molecule has 6 rings (SSSR count). The Balaban J connectivity index is 0.000000784. The van der Waals surface area contributed by atoms with Gasteiger partial charge in [0.2, 0.25) is 5.69 Å². The first-order valence-corrected chi connectivity index (χ1v) is 19.2. The van der Waals surface area contributed by atoms with Gasteiger partial charge in [0.15, 0.2) is 5.71 Å². The third-order valence-corrected chi connectivity index (χ3v) is 10.9. The van der Waals surface area contributed by atoms with Crippen molar-refractivity contribution in [1.82, 2.24) is 0 Å². The lowest BCUT2D eigenvalue weighted by atomic mass is 9.81. The highest BCUT2D eigenvalue weighted by Gasteiger charge is 2.44. The van der Waals surface area contributed by atoms with Crippen LogP contribution in [0.5, 0.6) is 5.75 Å². The molecule has 1 atom stereocenters. The van der Waals surface area contributed by atoms with Crippen LogP contribution in [0.1, 0.15) is 71.4 Å². The SMILES string of the molecule is CC[N+]1=C(/C=C/C2=C(Cl)C(C=C=C3N(CCOCCC(=O)Oc4ccccc4)c4ccccc4C3(C)C)CCC2)C(C)(C)c2ccccc21.O=C([O-])C(F)(F)F. The van der Waals surface area contributed by atoms with Gasteiger partial charge in [-0.1, -0.05) is 72.3 Å². The summed E-state index contributed by atoms with van der Waals surface area (Å²) in [6.07, 6.45) is 4.80. The van der Waals surface area contributed by atoms with Gasteiger partial charge in [-0.15, -0.1) is 5.73 Å². The highest BCUT2D eigenvalue weighted by atomic mass is 35.5. The number of nitrogens with zero attached hydrogens (tertiary/aromatic N) is 2. The number of alkyl halides is 3. The maximum atomic E-state index is 12.3. The molecule has 1 aliphatic carbocycles. The minimum absolute atomic E-state index is 0.0732. The molecule has 296 valence electrons. The van der Waals surface area contributed by atoms with Crippen molar-refractivity contribution < 1.29 is 41.9 Å². The number of ether oxygens (including phenoxy) is 2. The van der Waals surface area contributed by atoms with Gasteiger partial charge < -0.3 is 24.3 Å². The lowest BCUT2D eigenvalue weighted by molar-refractivity contribution is -0.433. The molecule has 0 fully saturated rings. The Hall–Kier alpha value is -4.89. The summed E-state index contributed by atoms with van der Waals surface area (Å²) in [4.78, 5) is 23.4. The summed E-state index contributed by atoms with van der Waals surface area (Å²) in [5, 5.41) is 9.70. The maximum absolute atomic E-state index is 12.3. The molecule has 0 amide bonds. The van der Waals surface area contributed by atoms with E-state index in [2.05, 4.69) is 117 Å². The van der Waals surface area contributed by atoms with E-state index in [1.54, 1.807) is 12.1 Å². The van der Waals surface area contributed by atoms with Crippen molar-refractivity contribution in [2.45, 2.75) is 77.3 Å². The molecule has 0 N–H and O–H groups in total. The molecule has 0 radical (unpaired) electrons. The van der Waals surface area contributed by atoms with Crippen LogP contribution in [0.2, 0.25) is 0 Å². The fourth-order valence-corrected chi connectivity index (χ4v) is 7.88. The number of carboxylic acids is 1. The monoisotopic (exact) mass is 788 g/mol. The standard InChI is InChI=1S/C43H48ClN2O3.C2HF3O2/c1-6-45-36-21-12-10-19-34(36)42(2,3)38(45)25-23-31-15-14-16-32(41(31)44)24-26-39-43(4,5)35-20-11-13-22-37(35)46(39)28-30-48-29-27-40(47)49-33-17-8-7-9-18-33;3-2(4,5)1(6)7/h7-13,17-25,32H,6,14-16,27-30H2,1-5H3;(H,6,7)/q+1;/p-1/b25-23+;. The van der Waals surface area contributed by atoms with Crippen LogP contribution in [0.15, 0.2) is 119 Å². The largest absolute Gasteiger partial charge is 0.542 e. The van der Waals surface area contributed by atoms with E-state index in [-0.39, 0.29) is 29.1 Å². The second-order valence-electron chi connectivity index (χ2n) is 14.9. The molecule has 11 heteroatoms. The number of anilines is 1. The molecule has 0 aromatic heterocycles. The molecular weight excluding hydrogens is 741 g/mol. The molecule has 3 aliphatic rings. The zero-order chi connectivity index (χ0) is 40.7. The van der Waals surface area contributed by atoms with Crippen LogP contribution in [0, 0.1) is 5.92 Å². The first-order valence-electron chi connectivity index (χ1n) is 18.8. The van der Waals surface area contributed by atoms with E-state index >= 15 is 0 Å². The van der Waals surface area contributed by atoms with Crippen molar-refractivity contribution >= 4 is 40.6 Å². The van der Waals surface area contributed by atoms with Crippen molar-refractivity contribution in [2.24, 2.45) is 5.92 Å². The quantitative estimate of drug-likeness (QED) is 0.0635. The number of para-hydroxylation sites is 3. The van der Waals surface area contributed by atoms with E-state index in [0.717, 1.165) is 36.5 Å². The number of carboxylic acid groups (broad SMARTS) is 1. The number of allylic oxidation sites excluding steroid dienone is 5. The van der Waals surface area contributed by atoms with Gasteiger partial charge in [-0.25, -0.2) is 0 Å². The number of carbonyl (C=O) groups excluding carboxylic acids is 2. The minimum atomic E-state index is -5.19. The summed E-state index contributed by atoms with van der Waals surface area (Å²) in [6, 6.07) is 26.4. The number of esters is 1. The summed E-state index contributed by atoms with van der Waals surface area (Å²) in [7, 11) is 0. The molecule has 0 saturated carbocycles. The average Bonchev–Trinajstić information content (AvgIpc) is 3.52. The summed E-state index contributed by atoms with van der Waals surface area (Å²) in [6.45, 7) is 13.7. The van der Waals surface area contributed by atoms with Crippen LogP contribution < -0.4 is 14.7 Å². The van der Waals surface area contributed by atoms with Gasteiger partial charge in [-0.05, 0) is 89.3 Å². The highest BCUT2D eigenvalue weighted by molar-refractivity contribution is 6.30. The van der Waals surface area contributed by atoms with Crippen LogP contribution in [0.4, 0.5) is 24.5 Å². The fourth-order valence-electron chi connectivity index (χ4n) is 7.55. The second-order valence-corrected chi connectivity index (χ2v) is 15.3. The Morgan fingerprint density at radius 3 is 2.27 bits per heavy atom. The van der Waals surface area contributed by atoms with Crippen LogP contribution >= 0.6 is 11.6 Å². The van der Waals surface area contributed by atoms with E-state index in [9.17, 15) is 18.0 Å². The number of hydrogen-bond donors (Lipinski definition) is 0. The second kappa shape index (κ2) is 17.9. The summed E-state index contributed by atoms with van der Waals surface area (Å²) >= 11 is 7.20. The van der Waals surface area contributed by atoms with Crippen molar-refractivity contribution in [3.8, 4) is 5.75 Å². The summed E-state index contributed by atoms with van der Waals surface area (Å²) < 4.78 is 45.3. The van der Waals surface area contributed by atoms with Gasteiger partial charge >= 0.3 is 12.1 Å². The zero-order valence-corrected chi connectivity index (χ0v) is 33.2.